The summed E-state index contributed by atoms with van der Waals surface area (Å²) in [6.45, 7) is 5.92. The second-order valence-electron chi connectivity index (χ2n) is 8.58. The molecule has 1 aromatic carbocycles. The quantitative estimate of drug-likeness (QED) is 0.779. The molecule has 6 nitrogen and oxygen atoms in total. The first-order chi connectivity index (χ1) is 13.3. The molecule has 0 aromatic heterocycles. The Hall–Kier alpha value is -2.47. The van der Waals surface area contributed by atoms with Gasteiger partial charge in [-0.3, -0.25) is 0 Å². The van der Waals surface area contributed by atoms with E-state index in [9.17, 15) is 9.90 Å². The molecule has 0 bridgehead atoms. The Morgan fingerprint density at radius 2 is 2.07 bits per heavy atom. The second kappa shape index (κ2) is 6.55. The van der Waals surface area contributed by atoms with Crippen molar-refractivity contribution in [2.45, 2.75) is 50.4 Å². The maximum atomic E-state index is 12.1. The summed E-state index contributed by atoms with van der Waals surface area (Å²) >= 11 is 0. The summed E-state index contributed by atoms with van der Waals surface area (Å²) in [5.74, 6) is 1.43. The van der Waals surface area contributed by atoms with Crippen LogP contribution in [0.1, 0.15) is 38.3 Å². The molecule has 2 N–H and O–H groups in total. The fourth-order valence-electron chi connectivity index (χ4n) is 4.65. The van der Waals surface area contributed by atoms with Gasteiger partial charge in [0.1, 0.15) is 17.8 Å². The third-order valence-corrected chi connectivity index (χ3v) is 5.70. The van der Waals surface area contributed by atoms with Gasteiger partial charge in [0.15, 0.2) is 11.5 Å². The third-order valence-electron chi connectivity index (χ3n) is 5.70. The van der Waals surface area contributed by atoms with Crippen LogP contribution in [0, 0.1) is 5.92 Å². The highest BCUT2D eigenvalue weighted by Crippen LogP contribution is 2.59. The first-order valence-electron chi connectivity index (χ1n) is 9.66. The van der Waals surface area contributed by atoms with Crippen LogP contribution in [0.3, 0.4) is 0 Å². The normalized spacial score (nSPS) is 29.1. The molecule has 4 rings (SSSR count). The number of alkyl carbamates (subject to hydrolysis) is 1. The molecule has 6 heteroatoms. The Labute approximate surface area is 165 Å². The van der Waals surface area contributed by atoms with Gasteiger partial charge in [-0.25, -0.2) is 4.79 Å². The van der Waals surface area contributed by atoms with Gasteiger partial charge in [-0.2, -0.15) is 0 Å². The van der Waals surface area contributed by atoms with Gasteiger partial charge in [-0.15, -0.1) is 0 Å². The molecule has 0 radical (unpaired) electrons. The van der Waals surface area contributed by atoms with Crippen molar-refractivity contribution in [1.82, 2.24) is 5.32 Å². The van der Waals surface area contributed by atoms with Crippen LogP contribution < -0.4 is 14.8 Å². The molecule has 1 amide bonds. The summed E-state index contributed by atoms with van der Waals surface area (Å²) in [6.07, 6.45) is 7.08. The largest absolute Gasteiger partial charge is 0.493 e. The number of benzene rings is 1. The fourth-order valence-corrected chi connectivity index (χ4v) is 4.65. The van der Waals surface area contributed by atoms with Crippen molar-refractivity contribution in [3.05, 3.63) is 41.5 Å². The van der Waals surface area contributed by atoms with Crippen molar-refractivity contribution >= 4 is 12.2 Å². The number of aliphatic hydroxyl groups excluding tert-OH is 1. The van der Waals surface area contributed by atoms with E-state index < -0.39 is 29.3 Å². The van der Waals surface area contributed by atoms with E-state index in [2.05, 4.69) is 17.5 Å². The Kier molecular flexibility index (Phi) is 4.42. The molecule has 1 aliphatic heterocycles. The van der Waals surface area contributed by atoms with Crippen molar-refractivity contribution in [2.24, 2.45) is 5.92 Å². The predicted molar refractivity (Wildman–Crippen MR) is 106 cm³/mol. The van der Waals surface area contributed by atoms with Crippen molar-refractivity contribution in [3.63, 3.8) is 0 Å². The Bertz CT molecular complexity index is 853. The Morgan fingerprint density at radius 3 is 2.79 bits per heavy atom. The van der Waals surface area contributed by atoms with Crippen LogP contribution in [0.5, 0.6) is 11.5 Å². The molecule has 28 heavy (non-hydrogen) atoms. The van der Waals surface area contributed by atoms with E-state index in [0.29, 0.717) is 24.5 Å². The maximum Gasteiger partial charge on any atom is 0.407 e. The summed E-state index contributed by atoms with van der Waals surface area (Å²) in [5, 5.41) is 13.5. The average Bonchev–Trinajstić information content (AvgIpc) is 2.97. The highest BCUT2D eigenvalue weighted by Gasteiger charge is 2.58. The number of hydrogen-bond acceptors (Lipinski definition) is 5. The van der Waals surface area contributed by atoms with E-state index in [4.69, 9.17) is 14.2 Å². The number of methoxy groups -OCH3 is 1. The molecule has 1 unspecified atom stereocenters. The van der Waals surface area contributed by atoms with Gasteiger partial charge in [0, 0.05) is 18.0 Å². The van der Waals surface area contributed by atoms with Gasteiger partial charge in [-0.05, 0) is 38.8 Å². The number of amides is 1. The number of ether oxygens (including phenoxy) is 3. The zero-order valence-corrected chi connectivity index (χ0v) is 16.7. The second-order valence-corrected chi connectivity index (χ2v) is 8.58. The monoisotopic (exact) mass is 385 g/mol. The van der Waals surface area contributed by atoms with E-state index in [1.54, 1.807) is 13.2 Å². The molecule has 150 valence electrons. The zero-order valence-electron chi connectivity index (χ0n) is 16.7. The molecule has 0 saturated carbocycles. The van der Waals surface area contributed by atoms with Crippen LogP contribution in [0.25, 0.3) is 6.08 Å². The van der Waals surface area contributed by atoms with Gasteiger partial charge < -0.3 is 24.6 Å². The number of rotatable bonds is 4. The number of carbonyl (C=O) groups is 1. The van der Waals surface area contributed by atoms with Crippen molar-refractivity contribution < 1.29 is 24.1 Å². The minimum absolute atomic E-state index is 0.0715. The minimum atomic E-state index is -0.728. The molecular weight excluding hydrogens is 358 g/mol. The van der Waals surface area contributed by atoms with Gasteiger partial charge in [-0.1, -0.05) is 30.4 Å². The van der Waals surface area contributed by atoms with Crippen LogP contribution >= 0.6 is 0 Å². The maximum absolute atomic E-state index is 12.1. The highest BCUT2D eigenvalue weighted by atomic mass is 16.6. The van der Waals surface area contributed by atoms with E-state index in [0.717, 1.165) is 11.1 Å². The summed E-state index contributed by atoms with van der Waals surface area (Å²) in [7, 11) is 1.62. The molecule has 4 atom stereocenters. The van der Waals surface area contributed by atoms with Crippen molar-refractivity contribution in [3.8, 4) is 11.5 Å². The van der Waals surface area contributed by atoms with Crippen LogP contribution in [0.2, 0.25) is 0 Å². The number of carbonyl (C=O) groups excluding carboxylic acids is 1. The van der Waals surface area contributed by atoms with Crippen molar-refractivity contribution in [1.29, 1.82) is 0 Å². The van der Waals surface area contributed by atoms with Crippen LogP contribution in [-0.4, -0.2) is 42.7 Å². The van der Waals surface area contributed by atoms with Gasteiger partial charge in [0.2, 0.25) is 0 Å². The van der Waals surface area contributed by atoms with Crippen LogP contribution in [0.15, 0.2) is 30.4 Å². The Balaban J connectivity index is 1.67. The number of aliphatic hydroxyl groups is 1. The van der Waals surface area contributed by atoms with E-state index in [-0.39, 0.29) is 5.92 Å². The number of nitrogens with one attached hydrogen (secondary N) is 1. The van der Waals surface area contributed by atoms with Crippen LogP contribution in [0.4, 0.5) is 4.79 Å². The first kappa shape index (κ1) is 18.9. The van der Waals surface area contributed by atoms with Gasteiger partial charge in [0.05, 0.1) is 12.5 Å². The SMILES string of the molecule is COc1ccc2c3c1O[C@H]1[C@H](O)C=CC(C=C2)[C@@]31CCNC(=O)OC(C)(C)C. The third kappa shape index (κ3) is 2.87. The summed E-state index contributed by atoms with van der Waals surface area (Å²) in [4.78, 5) is 12.1. The first-order valence-corrected chi connectivity index (χ1v) is 9.66. The van der Waals surface area contributed by atoms with E-state index in [1.165, 1.54) is 0 Å². The van der Waals surface area contributed by atoms with Gasteiger partial charge in [0.25, 0.3) is 0 Å². The van der Waals surface area contributed by atoms with E-state index >= 15 is 0 Å². The lowest BCUT2D eigenvalue weighted by molar-refractivity contribution is 0.00916. The fraction of sp³-hybridized carbons (Fsp3) is 0.500. The molecule has 2 aliphatic carbocycles. The zero-order chi connectivity index (χ0) is 20.1. The van der Waals surface area contributed by atoms with Gasteiger partial charge >= 0.3 is 6.09 Å². The lowest BCUT2D eigenvalue weighted by Crippen LogP contribution is -2.54. The molecule has 3 aliphatic rings. The lowest BCUT2D eigenvalue weighted by atomic mass is 9.59. The smallest absolute Gasteiger partial charge is 0.407 e. The molecule has 0 saturated heterocycles. The Morgan fingerprint density at radius 1 is 1.29 bits per heavy atom. The summed E-state index contributed by atoms with van der Waals surface area (Å²) < 4.78 is 17.1. The predicted octanol–water partition coefficient (Wildman–Crippen LogP) is 3.18. The number of hydrogen-bond donors (Lipinski definition) is 2. The van der Waals surface area contributed by atoms with Crippen molar-refractivity contribution in [2.75, 3.05) is 13.7 Å². The number of allylic oxidation sites excluding steroid dienone is 2. The lowest BCUT2D eigenvalue weighted by Gasteiger charge is -2.45. The molecule has 0 fully saturated rings. The molecule has 1 heterocycles. The summed E-state index contributed by atoms with van der Waals surface area (Å²) in [5.41, 5.74) is 1.11. The topological polar surface area (TPSA) is 77.0 Å². The summed E-state index contributed by atoms with van der Waals surface area (Å²) in [6, 6.07) is 3.91. The minimum Gasteiger partial charge on any atom is -0.493 e. The molecular formula is C22H27NO5. The highest BCUT2D eigenvalue weighted by molar-refractivity contribution is 5.72. The standard InChI is InChI=1S/C22H27NO5/c1-21(2,3)28-20(25)23-12-11-22-14-7-5-13-6-10-16(26-4)18(17(13)22)27-19(22)15(24)9-8-14/h5-10,14-15,19,24H,11-12H2,1-4H3,(H,23,25)/t14?,15-,19+,22+/m1/s1. The van der Waals surface area contributed by atoms with Crippen LogP contribution in [-0.2, 0) is 10.2 Å². The average molecular weight is 385 g/mol. The molecule has 0 spiro atoms. The molecule has 1 aromatic rings. The van der Waals surface area contributed by atoms with E-state index in [1.807, 2.05) is 39.0 Å².